The molecule has 4 heteroatoms. The lowest BCUT2D eigenvalue weighted by molar-refractivity contribution is 0.310. The van der Waals surface area contributed by atoms with Gasteiger partial charge in [0.1, 0.15) is 0 Å². The molecular formula is C12H16O4. The topological polar surface area (TPSA) is 47.9 Å². The van der Waals surface area contributed by atoms with Crippen molar-refractivity contribution in [3.8, 4) is 23.0 Å². The molecule has 0 saturated carbocycles. The van der Waals surface area contributed by atoms with Crippen LogP contribution in [-0.4, -0.2) is 26.4 Å². The second-order valence-electron chi connectivity index (χ2n) is 3.08. The van der Waals surface area contributed by atoms with Gasteiger partial charge in [0.05, 0.1) is 21.3 Å². The van der Waals surface area contributed by atoms with E-state index in [9.17, 15) is 5.11 Å². The molecule has 1 aromatic rings. The third-order valence-electron chi connectivity index (χ3n) is 2.16. The number of hydrogen-bond acceptors (Lipinski definition) is 4. The van der Waals surface area contributed by atoms with Gasteiger partial charge in [-0.1, -0.05) is 12.2 Å². The Morgan fingerprint density at radius 1 is 1.00 bits per heavy atom. The lowest BCUT2D eigenvalue weighted by Crippen LogP contribution is -1.97. The molecule has 16 heavy (non-hydrogen) atoms. The molecule has 0 atom stereocenters. The number of phenolic OH excluding ortho intramolecular Hbond substituents is 1. The Balaban J connectivity index is 3.50. The van der Waals surface area contributed by atoms with Gasteiger partial charge < -0.3 is 19.3 Å². The molecule has 1 aromatic carbocycles. The lowest BCUT2D eigenvalue weighted by Gasteiger charge is -2.15. The van der Waals surface area contributed by atoms with Crippen LogP contribution < -0.4 is 14.2 Å². The second kappa shape index (κ2) is 5.30. The van der Waals surface area contributed by atoms with Gasteiger partial charge in [0, 0.05) is 5.56 Å². The highest BCUT2D eigenvalue weighted by Crippen LogP contribution is 2.46. The second-order valence-corrected chi connectivity index (χ2v) is 3.08. The maximum absolute atomic E-state index is 9.76. The van der Waals surface area contributed by atoms with Crippen molar-refractivity contribution < 1.29 is 19.3 Å². The minimum Gasteiger partial charge on any atom is -0.504 e. The van der Waals surface area contributed by atoms with Crippen molar-refractivity contribution in [3.63, 3.8) is 0 Å². The molecule has 0 aromatic heterocycles. The lowest BCUT2D eigenvalue weighted by atomic mass is 10.1. The number of hydrogen-bond donors (Lipinski definition) is 1. The summed E-state index contributed by atoms with van der Waals surface area (Å²) in [7, 11) is 4.51. The number of aromatic hydroxyl groups is 1. The molecule has 1 N–H and O–H groups in total. The molecule has 0 fully saturated rings. The Bertz CT molecular complexity index is 396. The number of phenols is 1. The van der Waals surface area contributed by atoms with Crippen molar-refractivity contribution >= 4 is 6.08 Å². The van der Waals surface area contributed by atoms with E-state index in [1.807, 2.05) is 19.1 Å². The Kier molecular flexibility index (Phi) is 4.05. The van der Waals surface area contributed by atoms with Crippen LogP contribution in [-0.2, 0) is 0 Å². The minimum atomic E-state index is 0.0215. The van der Waals surface area contributed by atoms with E-state index >= 15 is 0 Å². The molecule has 0 aliphatic heterocycles. The summed E-state index contributed by atoms with van der Waals surface area (Å²) in [6.45, 7) is 1.88. The highest BCUT2D eigenvalue weighted by atomic mass is 16.5. The molecule has 0 saturated heterocycles. The molecule has 88 valence electrons. The third kappa shape index (κ3) is 2.05. The van der Waals surface area contributed by atoms with E-state index in [1.54, 1.807) is 13.2 Å². The number of rotatable bonds is 4. The van der Waals surface area contributed by atoms with Gasteiger partial charge in [-0.25, -0.2) is 0 Å². The Hall–Kier alpha value is -1.84. The monoisotopic (exact) mass is 224 g/mol. The summed E-state index contributed by atoms with van der Waals surface area (Å²) in [5.74, 6) is 1.22. The molecule has 4 nitrogen and oxygen atoms in total. The number of ether oxygens (including phenoxy) is 3. The van der Waals surface area contributed by atoms with Crippen LogP contribution in [0.2, 0.25) is 0 Å². The molecule has 0 heterocycles. The normalized spacial score (nSPS) is 10.5. The van der Waals surface area contributed by atoms with E-state index in [1.165, 1.54) is 14.2 Å². The van der Waals surface area contributed by atoms with Gasteiger partial charge in [0.2, 0.25) is 11.5 Å². The average Bonchev–Trinajstić information content (AvgIpc) is 2.28. The van der Waals surface area contributed by atoms with E-state index in [4.69, 9.17) is 14.2 Å². The number of benzene rings is 1. The van der Waals surface area contributed by atoms with Crippen LogP contribution >= 0.6 is 0 Å². The molecule has 0 aliphatic rings. The zero-order valence-electron chi connectivity index (χ0n) is 9.90. The summed E-state index contributed by atoms with van der Waals surface area (Å²) in [6, 6.07) is 1.57. The number of allylic oxidation sites excluding steroid dienone is 1. The Labute approximate surface area is 95.1 Å². The van der Waals surface area contributed by atoms with Crippen LogP contribution in [0.1, 0.15) is 12.5 Å². The van der Waals surface area contributed by atoms with E-state index in [2.05, 4.69) is 0 Å². The van der Waals surface area contributed by atoms with Crippen LogP contribution in [0.25, 0.3) is 6.08 Å². The fraction of sp³-hybridized carbons (Fsp3) is 0.333. The van der Waals surface area contributed by atoms with Gasteiger partial charge in [0.15, 0.2) is 11.5 Å². The maximum atomic E-state index is 9.76. The average molecular weight is 224 g/mol. The predicted molar refractivity (Wildman–Crippen MR) is 62.5 cm³/mol. The first kappa shape index (κ1) is 12.2. The van der Waals surface area contributed by atoms with Gasteiger partial charge in [-0.05, 0) is 13.0 Å². The highest BCUT2D eigenvalue weighted by Gasteiger charge is 2.18. The van der Waals surface area contributed by atoms with Crippen LogP contribution in [0, 0.1) is 0 Å². The van der Waals surface area contributed by atoms with Crippen molar-refractivity contribution in [2.45, 2.75) is 6.92 Å². The summed E-state index contributed by atoms with van der Waals surface area (Å²) in [6.07, 6.45) is 3.67. The van der Waals surface area contributed by atoms with Crippen LogP contribution in [0.3, 0.4) is 0 Å². The van der Waals surface area contributed by atoms with E-state index in [0.717, 1.165) is 5.56 Å². The van der Waals surface area contributed by atoms with Crippen molar-refractivity contribution in [1.29, 1.82) is 0 Å². The summed E-state index contributed by atoms with van der Waals surface area (Å²) in [5.41, 5.74) is 0.736. The quantitative estimate of drug-likeness (QED) is 0.853. The maximum Gasteiger partial charge on any atom is 0.207 e. The Morgan fingerprint density at radius 2 is 1.56 bits per heavy atom. The minimum absolute atomic E-state index is 0.0215. The van der Waals surface area contributed by atoms with Crippen LogP contribution in [0.5, 0.6) is 23.0 Å². The third-order valence-corrected chi connectivity index (χ3v) is 2.16. The molecular weight excluding hydrogens is 208 g/mol. The molecule has 0 radical (unpaired) electrons. The summed E-state index contributed by atoms with van der Waals surface area (Å²) in [5, 5.41) is 9.76. The van der Waals surface area contributed by atoms with Gasteiger partial charge in [-0.3, -0.25) is 0 Å². The van der Waals surface area contributed by atoms with E-state index < -0.39 is 0 Å². The van der Waals surface area contributed by atoms with E-state index in [0.29, 0.717) is 11.5 Å². The SMILES string of the molecule is C/C=C/c1cc(O)c(OC)c(OC)c1OC. The molecule has 0 spiro atoms. The van der Waals surface area contributed by atoms with E-state index in [-0.39, 0.29) is 11.5 Å². The Morgan fingerprint density at radius 3 is 2.00 bits per heavy atom. The van der Waals surface area contributed by atoms with Crippen molar-refractivity contribution in [1.82, 2.24) is 0 Å². The van der Waals surface area contributed by atoms with Crippen LogP contribution in [0.4, 0.5) is 0 Å². The summed E-state index contributed by atoms with van der Waals surface area (Å²) < 4.78 is 15.5. The van der Waals surface area contributed by atoms with Crippen molar-refractivity contribution in [3.05, 3.63) is 17.7 Å². The first-order valence-electron chi connectivity index (χ1n) is 4.84. The van der Waals surface area contributed by atoms with Crippen molar-refractivity contribution in [2.24, 2.45) is 0 Å². The molecule has 0 unspecified atom stereocenters. The molecule has 0 aliphatic carbocycles. The molecule has 0 bridgehead atoms. The van der Waals surface area contributed by atoms with Gasteiger partial charge in [-0.2, -0.15) is 0 Å². The van der Waals surface area contributed by atoms with Crippen LogP contribution in [0.15, 0.2) is 12.1 Å². The largest absolute Gasteiger partial charge is 0.504 e. The molecule has 0 amide bonds. The van der Waals surface area contributed by atoms with Gasteiger partial charge >= 0.3 is 0 Å². The number of methoxy groups -OCH3 is 3. The fourth-order valence-corrected chi connectivity index (χ4v) is 1.53. The smallest absolute Gasteiger partial charge is 0.207 e. The fourth-order valence-electron chi connectivity index (χ4n) is 1.53. The first-order chi connectivity index (χ1) is 7.69. The summed E-state index contributed by atoms with van der Waals surface area (Å²) >= 11 is 0. The first-order valence-corrected chi connectivity index (χ1v) is 4.84. The molecule has 1 rings (SSSR count). The van der Waals surface area contributed by atoms with Crippen molar-refractivity contribution in [2.75, 3.05) is 21.3 Å². The predicted octanol–water partition coefficient (Wildman–Crippen LogP) is 2.45. The van der Waals surface area contributed by atoms with Gasteiger partial charge in [-0.15, -0.1) is 0 Å². The standard InChI is InChI=1S/C12H16O4/c1-5-6-8-7-9(13)11(15-3)12(16-4)10(8)14-2/h5-7,13H,1-4H3/b6-5+. The summed E-state index contributed by atoms with van der Waals surface area (Å²) in [4.78, 5) is 0. The zero-order chi connectivity index (χ0) is 12.1. The van der Waals surface area contributed by atoms with Gasteiger partial charge in [0.25, 0.3) is 0 Å². The zero-order valence-corrected chi connectivity index (χ0v) is 9.90. The highest BCUT2D eigenvalue weighted by molar-refractivity contribution is 5.70.